The fraction of sp³-hybridized carbons (Fsp3) is 0.360. The first-order valence-corrected chi connectivity index (χ1v) is 11.4. The summed E-state index contributed by atoms with van der Waals surface area (Å²) in [6.45, 7) is 3.62. The van der Waals surface area contributed by atoms with Crippen LogP contribution in [0.15, 0.2) is 59.4 Å². The standard InChI is InChI=1S/C23H23FN4O.C2HF3O2/c24-19-8-6-18(7-9-19)20-21(29)28-15-12-23(22(28)26-25-20)10-13-27(14-11-23)16-17-4-2-1-3-5-17;3-2(4,5)1(6)7/h1-9H,10-16H2;(H,6,7). The predicted molar refractivity (Wildman–Crippen MR) is 123 cm³/mol. The van der Waals surface area contributed by atoms with E-state index in [2.05, 4.69) is 39.4 Å². The predicted octanol–water partition coefficient (Wildman–Crippen LogP) is 4.02. The van der Waals surface area contributed by atoms with Gasteiger partial charge in [0.1, 0.15) is 11.6 Å². The number of hydrogen-bond acceptors (Lipinski definition) is 5. The van der Waals surface area contributed by atoms with Crippen molar-refractivity contribution < 1.29 is 27.5 Å². The van der Waals surface area contributed by atoms with Crippen molar-refractivity contribution in [2.75, 3.05) is 13.1 Å². The van der Waals surface area contributed by atoms with Gasteiger partial charge in [-0.1, -0.05) is 30.3 Å². The molecular formula is C25H24F4N4O3. The van der Waals surface area contributed by atoms with E-state index in [0.29, 0.717) is 17.8 Å². The molecule has 0 bridgehead atoms. The first kappa shape index (κ1) is 25.5. The maximum absolute atomic E-state index is 13.2. The third-order valence-corrected chi connectivity index (χ3v) is 6.66. The lowest BCUT2D eigenvalue weighted by molar-refractivity contribution is -0.192. The zero-order valence-corrected chi connectivity index (χ0v) is 19.2. The van der Waals surface area contributed by atoms with Crippen molar-refractivity contribution >= 4 is 5.97 Å². The van der Waals surface area contributed by atoms with E-state index in [1.165, 1.54) is 17.7 Å². The number of hydrogen-bond donors (Lipinski definition) is 1. The minimum atomic E-state index is -5.08. The molecule has 0 amide bonds. The van der Waals surface area contributed by atoms with Gasteiger partial charge in [0.2, 0.25) is 0 Å². The summed E-state index contributed by atoms with van der Waals surface area (Å²) in [6.07, 6.45) is -2.17. The number of fused-ring (bicyclic) bond motifs is 2. The smallest absolute Gasteiger partial charge is 0.475 e. The summed E-state index contributed by atoms with van der Waals surface area (Å²) in [5, 5.41) is 15.9. The van der Waals surface area contributed by atoms with E-state index in [1.807, 2.05) is 6.07 Å². The lowest BCUT2D eigenvalue weighted by Gasteiger charge is -2.38. The van der Waals surface area contributed by atoms with Crippen LogP contribution < -0.4 is 5.56 Å². The van der Waals surface area contributed by atoms with Gasteiger partial charge in [-0.3, -0.25) is 14.3 Å². The van der Waals surface area contributed by atoms with Gasteiger partial charge < -0.3 is 5.11 Å². The third kappa shape index (κ3) is 5.46. The molecule has 2 aromatic carbocycles. The molecule has 3 heterocycles. The fourth-order valence-electron chi connectivity index (χ4n) is 4.70. The number of aromatic nitrogens is 3. The molecule has 2 aliphatic rings. The maximum Gasteiger partial charge on any atom is 0.490 e. The van der Waals surface area contributed by atoms with Gasteiger partial charge in [-0.2, -0.15) is 13.2 Å². The Hall–Kier alpha value is -3.60. The highest BCUT2D eigenvalue weighted by atomic mass is 19.4. The van der Waals surface area contributed by atoms with Crippen molar-refractivity contribution in [1.29, 1.82) is 0 Å². The fourth-order valence-corrected chi connectivity index (χ4v) is 4.70. The van der Waals surface area contributed by atoms with Crippen LogP contribution in [0.1, 0.15) is 30.7 Å². The molecular weight excluding hydrogens is 480 g/mol. The number of alkyl halides is 3. The second-order valence-corrected chi connectivity index (χ2v) is 8.93. The third-order valence-electron chi connectivity index (χ3n) is 6.66. The quantitative estimate of drug-likeness (QED) is 0.543. The summed E-state index contributed by atoms with van der Waals surface area (Å²) in [4.78, 5) is 24.4. The van der Waals surface area contributed by atoms with Gasteiger partial charge in [-0.25, -0.2) is 9.18 Å². The van der Waals surface area contributed by atoms with Crippen molar-refractivity contribution in [3.05, 3.63) is 82.2 Å². The Bertz CT molecular complexity index is 1270. The molecule has 11 heteroatoms. The van der Waals surface area contributed by atoms with Gasteiger partial charge >= 0.3 is 12.1 Å². The van der Waals surface area contributed by atoms with Gasteiger partial charge in [0, 0.05) is 24.1 Å². The lowest BCUT2D eigenvalue weighted by Crippen LogP contribution is -2.42. The Balaban J connectivity index is 0.000000384. The molecule has 190 valence electrons. The molecule has 1 fully saturated rings. The molecule has 0 saturated carbocycles. The van der Waals surface area contributed by atoms with Crippen molar-refractivity contribution in [3.8, 4) is 11.3 Å². The first-order valence-electron chi connectivity index (χ1n) is 11.4. The van der Waals surface area contributed by atoms with Gasteiger partial charge in [-0.05, 0) is 62.2 Å². The molecule has 1 spiro atoms. The number of piperidine rings is 1. The number of halogens is 4. The van der Waals surface area contributed by atoms with E-state index in [1.54, 1.807) is 16.7 Å². The molecule has 3 aromatic rings. The number of carboxylic acid groups (broad SMARTS) is 1. The van der Waals surface area contributed by atoms with Crippen molar-refractivity contribution in [2.24, 2.45) is 0 Å². The van der Waals surface area contributed by atoms with E-state index in [0.717, 1.165) is 44.7 Å². The van der Waals surface area contributed by atoms with Gasteiger partial charge in [0.15, 0.2) is 5.69 Å². The maximum atomic E-state index is 13.2. The summed E-state index contributed by atoms with van der Waals surface area (Å²) >= 11 is 0. The highest BCUT2D eigenvalue weighted by molar-refractivity contribution is 5.73. The summed E-state index contributed by atoms with van der Waals surface area (Å²) in [6, 6.07) is 16.4. The van der Waals surface area contributed by atoms with Crippen LogP contribution in [0, 0.1) is 5.82 Å². The van der Waals surface area contributed by atoms with Gasteiger partial charge in [0.25, 0.3) is 5.56 Å². The van der Waals surface area contributed by atoms with E-state index in [4.69, 9.17) is 9.90 Å². The van der Waals surface area contributed by atoms with Crippen LogP contribution in [0.4, 0.5) is 17.6 Å². The molecule has 1 aromatic heterocycles. The van der Waals surface area contributed by atoms with Crippen LogP contribution in [0.2, 0.25) is 0 Å². The highest BCUT2D eigenvalue weighted by Gasteiger charge is 2.44. The van der Waals surface area contributed by atoms with E-state index < -0.39 is 12.1 Å². The minimum Gasteiger partial charge on any atom is -0.475 e. The lowest BCUT2D eigenvalue weighted by atomic mass is 9.76. The zero-order chi connectivity index (χ0) is 25.9. The summed E-state index contributed by atoms with van der Waals surface area (Å²) < 4.78 is 46.7. The van der Waals surface area contributed by atoms with Crippen LogP contribution >= 0.6 is 0 Å². The average Bonchev–Trinajstić information content (AvgIpc) is 3.21. The topological polar surface area (TPSA) is 88.3 Å². The molecule has 5 rings (SSSR count). The van der Waals surface area contributed by atoms with E-state index >= 15 is 0 Å². The van der Waals surface area contributed by atoms with Crippen molar-refractivity contribution in [2.45, 2.75) is 43.9 Å². The van der Waals surface area contributed by atoms with Crippen molar-refractivity contribution in [3.63, 3.8) is 0 Å². The Morgan fingerprint density at radius 1 is 0.944 bits per heavy atom. The Morgan fingerprint density at radius 2 is 1.53 bits per heavy atom. The molecule has 1 saturated heterocycles. The molecule has 2 aliphatic heterocycles. The van der Waals surface area contributed by atoms with E-state index in [-0.39, 0.29) is 16.8 Å². The van der Waals surface area contributed by atoms with Crippen LogP contribution in [0.5, 0.6) is 0 Å². The summed E-state index contributed by atoms with van der Waals surface area (Å²) in [5.74, 6) is -2.26. The van der Waals surface area contributed by atoms with E-state index in [9.17, 15) is 22.4 Å². The molecule has 7 nitrogen and oxygen atoms in total. The normalized spacial score (nSPS) is 16.8. The SMILES string of the molecule is O=C(O)C(F)(F)F.O=c1c(-c2ccc(F)cc2)nnc2n1CCC21CCN(Cc2ccccc2)CC1. The molecule has 0 unspecified atom stereocenters. The number of rotatable bonds is 3. The summed E-state index contributed by atoms with van der Waals surface area (Å²) in [7, 11) is 0. The monoisotopic (exact) mass is 504 g/mol. The molecule has 0 atom stereocenters. The number of nitrogens with zero attached hydrogens (tertiary/aromatic N) is 4. The Kier molecular flexibility index (Phi) is 7.21. The van der Waals surface area contributed by atoms with Crippen LogP contribution in [-0.4, -0.2) is 50.0 Å². The number of aliphatic carboxylic acids is 1. The first-order chi connectivity index (χ1) is 17.1. The second-order valence-electron chi connectivity index (χ2n) is 8.93. The van der Waals surface area contributed by atoms with Crippen molar-refractivity contribution in [1.82, 2.24) is 19.7 Å². The number of carboxylic acids is 1. The number of benzene rings is 2. The van der Waals surface area contributed by atoms with Gasteiger partial charge in [0.05, 0.1) is 0 Å². The minimum absolute atomic E-state index is 0.0549. The molecule has 36 heavy (non-hydrogen) atoms. The van der Waals surface area contributed by atoms with Gasteiger partial charge in [-0.15, -0.1) is 10.2 Å². The largest absolute Gasteiger partial charge is 0.490 e. The highest BCUT2D eigenvalue weighted by Crippen LogP contribution is 2.41. The summed E-state index contributed by atoms with van der Waals surface area (Å²) in [5.41, 5.74) is 2.06. The number of carbonyl (C=O) groups is 1. The number of likely N-dealkylation sites (tertiary alicyclic amines) is 1. The second kappa shape index (κ2) is 10.2. The van der Waals surface area contributed by atoms with Crippen LogP contribution in [-0.2, 0) is 23.3 Å². The Morgan fingerprint density at radius 3 is 2.11 bits per heavy atom. The molecule has 0 radical (unpaired) electrons. The molecule has 0 aliphatic carbocycles. The molecule has 1 N–H and O–H groups in total. The average molecular weight is 504 g/mol. The zero-order valence-electron chi connectivity index (χ0n) is 19.2. The Labute approximate surface area is 204 Å². The van der Waals surface area contributed by atoms with Crippen LogP contribution in [0.25, 0.3) is 11.3 Å². The van der Waals surface area contributed by atoms with Crippen LogP contribution in [0.3, 0.4) is 0 Å².